The number of likely N-dealkylation sites (tertiary alicyclic amines) is 1. The molecular weight excluding hydrogens is 294 g/mol. The molecule has 2 fully saturated rings. The molecule has 3 amide bonds. The maximum Gasteiger partial charge on any atom is 0.315 e. The molecule has 2 aliphatic rings. The van der Waals surface area contributed by atoms with Crippen molar-refractivity contribution in [1.82, 2.24) is 15.5 Å². The van der Waals surface area contributed by atoms with Gasteiger partial charge in [-0.3, -0.25) is 4.79 Å². The fraction of sp³-hybridized carbons (Fsp3) is 0.882. The van der Waals surface area contributed by atoms with Crippen LogP contribution in [0.1, 0.15) is 52.4 Å². The van der Waals surface area contributed by atoms with E-state index < -0.39 is 0 Å². The van der Waals surface area contributed by atoms with Crippen LogP contribution in [-0.4, -0.2) is 55.2 Å². The Hall–Kier alpha value is -1.30. The third-order valence-electron chi connectivity index (χ3n) is 5.03. The van der Waals surface area contributed by atoms with Crippen LogP contribution in [0.5, 0.6) is 0 Å². The largest absolute Gasteiger partial charge is 0.376 e. The summed E-state index contributed by atoms with van der Waals surface area (Å²) >= 11 is 0. The van der Waals surface area contributed by atoms with Gasteiger partial charge >= 0.3 is 6.03 Å². The van der Waals surface area contributed by atoms with Crippen molar-refractivity contribution in [2.45, 2.75) is 64.5 Å². The first kappa shape index (κ1) is 18.0. The molecule has 2 atom stereocenters. The Morgan fingerprint density at radius 2 is 1.83 bits per heavy atom. The first-order valence-corrected chi connectivity index (χ1v) is 8.97. The van der Waals surface area contributed by atoms with Crippen molar-refractivity contribution < 1.29 is 14.3 Å². The molecule has 1 saturated carbocycles. The zero-order valence-corrected chi connectivity index (χ0v) is 14.5. The van der Waals surface area contributed by atoms with Crippen molar-refractivity contribution in [3.05, 3.63) is 0 Å². The lowest BCUT2D eigenvalue weighted by molar-refractivity contribution is -0.129. The Morgan fingerprint density at radius 1 is 1.13 bits per heavy atom. The third-order valence-corrected chi connectivity index (χ3v) is 5.03. The van der Waals surface area contributed by atoms with E-state index in [-0.39, 0.29) is 18.0 Å². The van der Waals surface area contributed by atoms with Crippen LogP contribution in [0.3, 0.4) is 0 Å². The summed E-state index contributed by atoms with van der Waals surface area (Å²) in [7, 11) is 0. The fourth-order valence-corrected chi connectivity index (χ4v) is 3.48. The van der Waals surface area contributed by atoms with E-state index in [9.17, 15) is 9.59 Å². The van der Waals surface area contributed by atoms with Crippen molar-refractivity contribution in [2.24, 2.45) is 5.92 Å². The fourth-order valence-electron chi connectivity index (χ4n) is 3.48. The molecule has 0 bridgehead atoms. The summed E-state index contributed by atoms with van der Waals surface area (Å²) in [5, 5.41) is 5.84. The summed E-state index contributed by atoms with van der Waals surface area (Å²) < 4.78 is 5.89. The molecule has 0 unspecified atom stereocenters. The van der Waals surface area contributed by atoms with Gasteiger partial charge in [-0.2, -0.15) is 0 Å². The van der Waals surface area contributed by atoms with Gasteiger partial charge in [0.1, 0.15) is 0 Å². The topological polar surface area (TPSA) is 70.7 Å². The summed E-state index contributed by atoms with van der Waals surface area (Å²) in [6.07, 6.45) is 6.95. The van der Waals surface area contributed by atoms with Crippen LogP contribution in [0.25, 0.3) is 0 Å². The van der Waals surface area contributed by atoms with Gasteiger partial charge in [-0.25, -0.2) is 4.79 Å². The van der Waals surface area contributed by atoms with Gasteiger partial charge in [0.25, 0.3) is 0 Å². The molecule has 23 heavy (non-hydrogen) atoms. The van der Waals surface area contributed by atoms with Crippen LogP contribution in [0.15, 0.2) is 0 Å². The van der Waals surface area contributed by atoms with Crippen molar-refractivity contribution in [3.8, 4) is 0 Å². The number of carbonyl (C=O) groups excluding carboxylic acids is 2. The Bertz CT molecular complexity index is 395. The number of amides is 3. The molecule has 0 aromatic rings. The second-order valence-electron chi connectivity index (χ2n) is 6.85. The maximum absolute atomic E-state index is 11.9. The van der Waals surface area contributed by atoms with E-state index >= 15 is 0 Å². The van der Waals surface area contributed by atoms with Crippen LogP contribution in [0, 0.1) is 5.92 Å². The quantitative estimate of drug-likeness (QED) is 0.758. The smallest absolute Gasteiger partial charge is 0.315 e. The van der Waals surface area contributed by atoms with Crippen molar-refractivity contribution >= 4 is 11.9 Å². The molecule has 0 spiro atoms. The number of ether oxygens (including phenoxy) is 1. The number of hydrogen-bond donors (Lipinski definition) is 2. The van der Waals surface area contributed by atoms with Crippen molar-refractivity contribution in [2.75, 3.05) is 26.2 Å². The average Bonchev–Trinajstić information content (AvgIpc) is 2.53. The lowest BCUT2D eigenvalue weighted by Gasteiger charge is -2.31. The van der Waals surface area contributed by atoms with Crippen molar-refractivity contribution in [3.63, 3.8) is 0 Å². The number of carbonyl (C=O) groups is 2. The summed E-state index contributed by atoms with van der Waals surface area (Å²) in [5.41, 5.74) is 0. The van der Waals surface area contributed by atoms with E-state index in [0.717, 1.165) is 32.4 Å². The first-order valence-electron chi connectivity index (χ1n) is 8.97. The number of nitrogens with zero attached hydrogens (tertiary/aromatic N) is 1. The van der Waals surface area contributed by atoms with E-state index in [4.69, 9.17) is 4.74 Å². The van der Waals surface area contributed by atoms with E-state index in [1.165, 1.54) is 19.3 Å². The number of piperidine rings is 1. The molecular formula is C17H31N3O3. The number of rotatable bonds is 5. The van der Waals surface area contributed by atoms with E-state index in [2.05, 4.69) is 17.6 Å². The second-order valence-corrected chi connectivity index (χ2v) is 6.85. The predicted molar refractivity (Wildman–Crippen MR) is 89.2 cm³/mol. The first-order chi connectivity index (χ1) is 11.1. The summed E-state index contributed by atoms with van der Waals surface area (Å²) in [5.74, 6) is 0.742. The van der Waals surface area contributed by atoms with Crippen LogP contribution < -0.4 is 10.6 Å². The lowest BCUT2D eigenvalue weighted by atomic mass is 9.88. The second kappa shape index (κ2) is 9.11. The summed E-state index contributed by atoms with van der Waals surface area (Å²) in [4.78, 5) is 25.0. The normalized spacial score (nSPS) is 25.9. The van der Waals surface area contributed by atoms with Gasteiger partial charge in [-0.1, -0.05) is 19.8 Å². The van der Waals surface area contributed by atoms with E-state index in [1.54, 1.807) is 6.92 Å². The highest BCUT2D eigenvalue weighted by atomic mass is 16.5. The van der Waals surface area contributed by atoms with E-state index in [1.807, 2.05) is 4.90 Å². The zero-order valence-electron chi connectivity index (χ0n) is 14.5. The maximum atomic E-state index is 11.9. The Balaban J connectivity index is 1.54. The standard InChI is InChI=1S/C17H31N3O3/c1-13-5-3-4-6-16(13)23-12-9-18-17(22)19-15-7-10-20(11-8-15)14(2)21/h13,15-16H,3-12H2,1-2H3,(H2,18,19,22)/t13-,16+/m0/s1. The van der Waals surface area contributed by atoms with E-state index in [0.29, 0.717) is 25.2 Å². The minimum atomic E-state index is -0.133. The van der Waals surface area contributed by atoms with Gasteiger partial charge in [0, 0.05) is 32.6 Å². The molecule has 1 heterocycles. The molecule has 2 rings (SSSR count). The Kier molecular flexibility index (Phi) is 7.15. The average molecular weight is 325 g/mol. The van der Waals surface area contributed by atoms with Gasteiger partial charge in [-0.15, -0.1) is 0 Å². The monoisotopic (exact) mass is 325 g/mol. The third kappa shape index (κ3) is 6.01. The summed E-state index contributed by atoms with van der Waals surface area (Å²) in [6.45, 7) is 6.41. The van der Waals surface area contributed by atoms with Crippen LogP contribution >= 0.6 is 0 Å². The van der Waals surface area contributed by atoms with Gasteiger partial charge in [0.2, 0.25) is 5.91 Å². The van der Waals surface area contributed by atoms with Crippen LogP contribution in [0.2, 0.25) is 0 Å². The Morgan fingerprint density at radius 3 is 2.48 bits per heavy atom. The summed E-state index contributed by atoms with van der Waals surface area (Å²) in [6, 6.07) is 0.0245. The molecule has 132 valence electrons. The molecule has 0 aromatic carbocycles. The minimum absolute atomic E-state index is 0.113. The van der Waals surface area contributed by atoms with Crippen molar-refractivity contribution in [1.29, 1.82) is 0 Å². The molecule has 6 heteroatoms. The highest BCUT2D eigenvalue weighted by Crippen LogP contribution is 2.25. The number of nitrogens with one attached hydrogen (secondary N) is 2. The lowest BCUT2D eigenvalue weighted by Crippen LogP contribution is -2.49. The van der Waals surface area contributed by atoms with Crippen LogP contribution in [-0.2, 0) is 9.53 Å². The SMILES string of the molecule is CC(=O)N1CCC(NC(=O)NCCO[C@@H]2CCCC[C@@H]2C)CC1. The highest BCUT2D eigenvalue weighted by molar-refractivity contribution is 5.74. The molecule has 6 nitrogen and oxygen atoms in total. The highest BCUT2D eigenvalue weighted by Gasteiger charge is 2.23. The van der Waals surface area contributed by atoms with Gasteiger partial charge in [0.15, 0.2) is 0 Å². The molecule has 1 saturated heterocycles. The number of urea groups is 1. The Labute approximate surface area is 139 Å². The molecule has 0 aromatic heterocycles. The predicted octanol–water partition coefficient (Wildman–Crippen LogP) is 1.89. The molecule has 2 N–H and O–H groups in total. The zero-order chi connectivity index (χ0) is 16.7. The van der Waals surface area contributed by atoms with Gasteiger partial charge in [-0.05, 0) is 31.6 Å². The molecule has 1 aliphatic heterocycles. The van der Waals surface area contributed by atoms with Gasteiger partial charge in [0.05, 0.1) is 12.7 Å². The van der Waals surface area contributed by atoms with Gasteiger partial charge < -0.3 is 20.3 Å². The number of hydrogen-bond acceptors (Lipinski definition) is 3. The van der Waals surface area contributed by atoms with Crippen LogP contribution in [0.4, 0.5) is 4.79 Å². The minimum Gasteiger partial charge on any atom is -0.376 e. The molecule has 0 radical (unpaired) electrons. The molecule has 1 aliphatic carbocycles.